The van der Waals surface area contributed by atoms with Gasteiger partial charge in [-0.15, -0.1) is 0 Å². The molecule has 1 amide bonds. The van der Waals surface area contributed by atoms with Crippen molar-refractivity contribution < 1.29 is 9.53 Å². The van der Waals surface area contributed by atoms with Crippen LogP contribution in [0.3, 0.4) is 0 Å². The number of carbonyl (C=O) groups is 1. The summed E-state index contributed by atoms with van der Waals surface area (Å²) in [5, 5.41) is 14.2. The second kappa shape index (κ2) is 7.21. The highest BCUT2D eigenvalue weighted by molar-refractivity contribution is 5.93. The van der Waals surface area contributed by atoms with Crippen molar-refractivity contribution in [2.24, 2.45) is 7.05 Å². The Labute approximate surface area is 146 Å². The number of hydrogen-bond acceptors (Lipinski definition) is 4. The molecule has 0 bridgehead atoms. The third kappa shape index (κ3) is 3.55. The van der Waals surface area contributed by atoms with Crippen LogP contribution in [-0.2, 0) is 7.05 Å². The van der Waals surface area contributed by atoms with Gasteiger partial charge in [-0.3, -0.25) is 14.6 Å². The van der Waals surface area contributed by atoms with E-state index in [1.165, 1.54) is 0 Å². The van der Waals surface area contributed by atoms with Gasteiger partial charge in [0, 0.05) is 18.8 Å². The number of amides is 1. The van der Waals surface area contributed by atoms with Crippen LogP contribution in [-0.4, -0.2) is 33.0 Å². The lowest BCUT2D eigenvalue weighted by Gasteiger charge is -2.16. The molecule has 2 N–H and O–H groups in total. The molecule has 25 heavy (non-hydrogen) atoms. The average molecular weight is 339 g/mol. The molecule has 3 rings (SSSR count). The highest BCUT2D eigenvalue weighted by Crippen LogP contribution is 2.23. The molecule has 130 valence electrons. The van der Waals surface area contributed by atoms with Crippen LogP contribution in [0.4, 0.5) is 0 Å². The number of aromatic amines is 1. The Morgan fingerprint density at radius 2 is 2.20 bits per heavy atom. The van der Waals surface area contributed by atoms with E-state index in [0.717, 1.165) is 23.4 Å². The predicted molar refractivity (Wildman–Crippen MR) is 94.3 cm³/mol. The van der Waals surface area contributed by atoms with Gasteiger partial charge in [0.25, 0.3) is 5.91 Å². The summed E-state index contributed by atoms with van der Waals surface area (Å²) in [6.07, 6.45) is 2.49. The van der Waals surface area contributed by atoms with Crippen LogP contribution in [0.2, 0.25) is 0 Å². The second-order valence-electron chi connectivity index (χ2n) is 5.71. The van der Waals surface area contributed by atoms with Gasteiger partial charge in [0.2, 0.25) is 0 Å². The fraction of sp³-hybridized carbons (Fsp3) is 0.278. The van der Waals surface area contributed by atoms with Gasteiger partial charge in [0.05, 0.1) is 24.5 Å². The molecule has 0 fully saturated rings. The van der Waals surface area contributed by atoms with E-state index >= 15 is 0 Å². The monoisotopic (exact) mass is 339 g/mol. The first-order valence-electron chi connectivity index (χ1n) is 8.11. The van der Waals surface area contributed by atoms with Gasteiger partial charge in [-0.05, 0) is 30.7 Å². The number of methoxy groups -OCH3 is 1. The zero-order chi connectivity index (χ0) is 17.8. The summed E-state index contributed by atoms with van der Waals surface area (Å²) in [4.78, 5) is 12.6. The van der Waals surface area contributed by atoms with Gasteiger partial charge in [-0.25, -0.2) is 0 Å². The number of H-pyrrole nitrogens is 1. The fourth-order valence-corrected chi connectivity index (χ4v) is 2.72. The Bertz CT molecular complexity index is 868. The molecule has 1 atom stereocenters. The topological polar surface area (TPSA) is 84.8 Å². The first-order chi connectivity index (χ1) is 12.1. The first kappa shape index (κ1) is 16.8. The van der Waals surface area contributed by atoms with Gasteiger partial charge in [-0.2, -0.15) is 10.2 Å². The third-order valence-electron chi connectivity index (χ3n) is 4.12. The quantitative estimate of drug-likeness (QED) is 0.723. The molecule has 3 aromatic rings. The Kier molecular flexibility index (Phi) is 4.83. The highest BCUT2D eigenvalue weighted by atomic mass is 16.5. The van der Waals surface area contributed by atoms with Crippen LogP contribution in [0, 0.1) is 0 Å². The van der Waals surface area contributed by atoms with E-state index in [4.69, 9.17) is 4.74 Å². The summed E-state index contributed by atoms with van der Waals surface area (Å²) in [6.45, 7) is 2.02. The first-order valence-corrected chi connectivity index (χ1v) is 8.11. The predicted octanol–water partition coefficient (Wildman–Crippen LogP) is 2.70. The number of benzene rings is 1. The third-order valence-corrected chi connectivity index (χ3v) is 4.12. The number of hydrogen-bond donors (Lipinski definition) is 2. The van der Waals surface area contributed by atoms with E-state index in [2.05, 4.69) is 20.6 Å². The van der Waals surface area contributed by atoms with E-state index in [1.807, 2.05) is 44.3 Å². The molecule has 7 heteroatoms. The molecule has 1 aromatic carbocycles. The van der Waals surface area contributed by atoms with Crippen LogP contribution in [0.25, 0.3) is 11.3 Å². The summed E-state index contributed by atoms with van der Waals surface area (Å²) in [6, 6.07) is 11.1. The van der Waals surface area contributed by atoms with Gasteiger partial charge in [0.1, 0.15) is 11.4 Å². The van der Waals surface area contributed by atoms with Crippen molar-refractivity contribution in [1.29, 1.82) is 0 Å². The van der Waals surface area contributed by atoms with Crippen LogP contribution >= 0.6 is 0 Å². The van der Waals surface area contributed by atoms with Crippen molar-refractivity contribution in [2.45, 2.75) is 19.4 Å². The maximum absolute atomic E-state index is 12.6. The minimum atomic E-state index is -0.199. The number of carbonyl (C=O) groups excluding carboxylic acids is 1. The zero-order valence-electron chi connectivity index (χ0n) is 14.5. The minimum absolute atomic E-state index is 0.108. The molecule has 7 nitrogen and oxygen atoms in total. The number of ether oxygens (including phenoxy) is 1. The maximum Gasteiger partial charge on any atom is 0.269 e. The lowest BCUT2D eigenvalue weighted by atomic mass is 10.1. The minimum Gasteiger partial charge on any atom is -0.497 e. The van der Waals surface area contributed by atoms with Gasteiger partial charge < -0.3 is 10.1 Å². The smallest absolute Gasteiger partial charge is 0.269 e. The lowest BCUT2D eigenvalue weighted by Crippen LogP contribution is -2.29. The molecule has 0 saturated carbocycles. The number of rotatable bonds is 6. The summed E-state index contributed by atoms with van der Waals surface area (Å²) in [7, 11) is 3.48. The van der Waals surface area contributed by atoms with Gasteiger partial charge in [-0.1, -0.05) is 19.1 Å². The molecule has 0 unspecified atom stereocenters. The van der Waals surface area contributed by atoms with E-state index in [9.17, 15) is 4.79 Å². The number of nitrogens with one attached hydrogen (secondary N) is 2. The number of aryl methyl sites for hydroxylation is 1. The largest absolute Gasteiger partial charge is 0.497 e. The summed E-state index contributed by atoms with van der Waals surface area (Å²) < 4.78 is 6.99. The zero-order valence-corrected chi connectivity index (χ0v) is 14.5. The number of nitrogens with zero attached hydrogens (tertiary/aromatic N) is 3. The molecular weight excluding hydrogens is 318 g/mol. The van der Waals surface area contributed by atoms with Crippen LogP contribution in [0.1, 0.15) is 35.6 Å². The highest BCUT2D eigenvalue weighted by Gasteiger charge is 2.18. The standard InChI is InChI=1S/C18H21N5O2/c1-4-14(17-8-9-19-23(17)2)20-18(24)16-11-15(21-22-16)12-6-5-7-13(10-12)25-3/h5-11,14H,4H2,1-3H3,(H,20,24)(H,21,22)/t14-/m1/s1. The Hall–Kier alpha value is -3.09. The van der Waals surface area contributed by atoms with Crippen molar-refractivity contribution in [3.05, 3.63) is 54.0 Å². The van der Waals surface area contributed by atoms with Crippen LogP contribution in [0.15, 0.2) is 42.6 Å². The van der Waals surface area contributed by atoms with Crippen LogP contribution in [0.5, 0.6) is 5.75 Å². The van der Waals surface area contributed by atoms with E-state index in [-0.39, 0.29) is 11.9 Å². The van der Waals surface area contributed by atoms with Crippen molar-refractivity contribution >= 4 is 5.91 Å². The molecule has 0 radical (unpaired) electrons. The normalized spacial score (nSPS) is 12.0. The fourth-order valence-electron chi connectivity index (χ4n) is 2.72. The molecule has 2 heterocycles. The molecule has 0 spiro atoms. The molecule has 2 aromatic heterocycles. The van der Waals surface area contributed by atoms with Crippen LogP contribution < -0.4 is 10.1 Å². The van der Waals surface area contributed by atoms with E-state index in [1.54, 1.807) is 24.1 Å². The molecule has 0 saturated heterocycles. The molecule has 0 aliphatic heterocycles. The molecular formula is C18H21N5O2. The second-order valence-corrected chi connectivity index (χ2v) is 5.71. The van der Waals surface area contributed by atoms with Gasteiger partial charge >= 0.3 is 0 Å². The Balaban J connectivity index is 1.77. The summed E-state index contributed by atoms with van der Waals surface area (Å²) in [5.41, 5.74) is 2.95. The molecule has 0 aliphatic rings. The number of aromatic nitrogens is 4. The Morgan fingerprint density at radius 3 is 2.88 bits per heavy atom. The Morgan fingerprint density at radius 1 is 1.36 bits per heavy atom. The van der Waals surface area contributed by atoms with E-state index < -0.39 is 0 Å². The molecule has 0 aliphatic carbocycles. The van der Waals surface area contributed by atoms with Crippen molar-refractivity contribution in [1.82, 2.24) is 25.3 Å². The SMILES string of the molecule is CC[C@@H](NC(=O)c1cc(-c2cccc(OC)c2)n[nH]1)c1ccnn1C. The average Bonchev–Trinajstić information content (AvgIpc) is 3.29. The van der Waals surface area contributed by atoms with Crippen molar-refractivity contribution in [2.75, 3.05) is 7.11 Å². The maximum atomic E-state index is 12.6. The summed E-state index contributed by atoms with van der Waals surface area (Å²) >= 11 is 0. The van der Waals surface area contributed by atoms with Crippen molar-refractivity contribution in [3.63, 3.8) is 0 Å². The summed E-state index contributed by atoms with van der Waals surface area (Å²) in [5.74, 6) is 0.545. The lowest BCUT2D eigenvalue weighted by molar-refractivity contribution is 0.0929. The van der Waals surface area contributed by atoms with Gasteiger partial charge in [0.15, 0.2) is 0 Å². The van der Waals surface area contributed by atoms with E-state index in [0.29, 0.717) is 11.4 Å². The van der Waals surface area contributed by atoms with Crippen molar-refractivity contribution in [3.8, 4) is 17.0 Å².